The standard InChI is InChI=1S/C15H17N5O2S2/c1-7(2)20-6-16-19-15(20)23-5-10-17-13(22)11-8(3)12(9(4)21)24-14(11)18-10/h6-7H,5H2,1-4H3,(H,17,18,22). The molecule has 0 radical (unpaired) electrons. The van der Waals surface area contributed by atoms with Gasteiger partial charge in [-0.2, -0.15) is 0 Å². The summed E-state index contributed by atoms with van der Waals surface area (Å²) in [5.74, 6) is 0.992. The Morgan fingerprint density at radius 1 is 1.46 bits per heavy atom. The van der Waals surface area contributed by atoms with Gasteiger partial charge in [-0.25, -0.2) is 4.98 Å². The van der Waals surface area contributed by atoms with Crippen LogP contribution in [0.4, 0.5) is 0 Å². The topological polar surface area (TPSA) is 93.5 Å². The van der Waals surface area contributed by atoms with Crippen LogP contribution >= 0.6 is 23.1 Å². The zero-order chi connectivity index (χ0) is 17.4. The summed E-state index contributed by atoms with van der Waals surface area (Å²) in [6, 6.07) is 0.259. The first-order valence-electron chi connectivity index (χ1n) is 7.44. The van der Waals surface area contributed by atoms with Crippen LogP contribution in [0.5, 0.6) is 0 Å². The fourth-order valence-electron chi connectivity index (χ4n) is 2.42. The van der Waals surface area contributed by atoms with Gasteiger partial charge in [0.25, 0.3) is 5.56 Å². The van der Waals surface area contributed by atoms with Crippen molar-refractivity contribution in [3.05, 3.63) is 32.9 Å². The molecule has 3 aromatic rings. The highest BCUT2D eigenvalue weighted by atomic mass is 32.2. The third-order valence-electron chi connectivity index (χ3n) is 3.60. The fourth-order valence-corrected chi connectivity index (χ4v) is 4.43. The number of thiophene rings is 1. The Bertz CT molecular complexity index is 970. The monoisotopic (exact) mass is 363 g/mol. The summed E-state index contributed by atoms with van der Waals surface area (Å²) in [4.78, 5) is 32.5. The van der Waals surface area contributed by atoms with Crippen molar-refractivity contribution in [2.24, 2.45) is 0 Å². The number of nitrogens with zero attached hydrogens (tertiary/aromatic N) is 4. The molecule has 0 unspecified atom stereocenters. The molecule has 0 bridgehead atoms. The van der Waals surface area contributed by atoms with Crippen LogP contribution in [0.2, 0.25) is 0 Å². The summed E-state index contributed by atoms with van der Waals surface area (Å²) in [7, 11) is 0. The van der Waals surface area contributed by atoms with Gasteiger partial charge in [-0.15, -0.1) is 21.5 Å². The number of rotatable bonds is 5. The molecule has 0 aliphatic heterocycles. The van der Waals surface area contributed by atoms with Crippen molar-refractivity contribution in [2.45, 2.75) is 44.6 Å². The van der Waals surface area contributed by atoms with E-state index in [4.69, 9.17) is 0 Å². The highest BCUT2D eigenvalue weighted by molar-refractivity contribution is 7.98. The lowest BCUT2D eigenvalue weighted by atomic mass is 10.2. The van der Waals surface area contributed by atoms with E-state index < -0.39 is 0 Å². The number of aromatic amines is 1. The quantitative estimate of drug-likeness (QED) is 0.553. The van der Waals surface area contributed by atoms with Gasteiger partial charge in [0.2, 0.25) is 0 Å². The van der Waals surface area contributed by atoms with E-state index in [2.05, 4.69) is 34.0 Å². The van der Waals surface area contributed by atoms with E-state index in [-0.39, 0.29) is 17.4 Å². The summed E-state index contributed by atoms with van der Waals surface area (Å²) < 4.78 is 1.96. The third-order valence-corrected chi connectivity index (χ3v) is 5.86. The molecule has 3 rings (SSSR count). The number of carbonyl (C=O) groups excluding carboxylic acids is 1. The molecule has 0 aliphatic rings. The lowest BCUT2D eigenvalue weighted by Gasteiger charge is -2.08. The van der Waals surface area contributed by atoms with Crippen LogP contribution in [0.25, 0.3) is 10.2 Å². The predicted octanol–water partition coefficient (Wildman–Crippen LogP) is 2.96. The average Bonchev–Trinajstić information content (AvgIpc) is 3.10. The fraction of sp³-hybridized carbons (Fsp3) is 0.400. The first-order chi connectivity index (χ1) is 11.4. The highest BCUT2D eigenvalue weighted by Crippen LogP contribution is 2.28. The number of thioether (sulfide) groups is 1. The summed E-state index contributed by atoms with van der Waals surface area (Å²) in [6.45, 7) is 7.39. The average molecular weight is 363 g/mol. The molecule has 0 saturated heterocycles. The number of Topliss-reactive ketones (excluding diaryl/α,β-unsaturated/α-hetero) is 1. The second-order valence-electron chi connectivity index (χ2n) is 5.71. The molecule has 1 N–H and O–H groups in total. The number of nitrogens with one attached hydrogen (secondary N) is 1. The van der Waals surface area contributed by atoms with Gasteiger partial charge < -0.3 is 9.55 Å². The molecule has 3 heterocycles. The maximum atomic E-state index is 12.4. The molecular formula is C15H17N5O2S2. The van der Waals surface area contributed by atoms with Crippen LogP contribution in [0.15, 0.2) is 16.3 Å². The van der Waals surface area contributed by atoms with E-state index >= 15 is 0 Å². The number of H-pyrrole nitrogens is 1. The Labute approximate surface area is 146 Å². The second-order valence-corrected chi connectivity index (χ2v) is 7.65. The Morgan fingerprint density at radius 2 is 2.21 bits per heavy atom. The lowest BCUT2D eigenvalue weighted by Crippen LogP contribution is -2.11. The van der Waals surface area contributed by atoms with Crippen molar-refractivity contribution in [1.29, 1.82) is 0 Å². The smallest absolute Gasteiger partial charge is 0.259 e. The zero-order valence-corrected chi connectivity index (χ0v) is 15.4. The Kier molecular flexibility index (Phi) is 4.55. The van der Waals surface area contributed by atoms with Gasteiger partial charge in [-0.3, -0.25) is 9.59 Å². The molecule has 7 nitrogen and oxygen atoms in total. The van der Waals surface area contributed by atoms with Gasteiger partial charge in [0.15, 0.2) is 10.9 Å². The maximum Gasteiger partial charge on any atom is 0.259 e. The third kappa shape index (κ3) is 3.01. The number of hydrogen-bond acceptors (Lipinski definition) is 7. The van der Waals surface area contributed by atoms with Crippen molar-refractivity contribution in [2.75, 3.05) is 0 Å². The van der Waals surface area contributed by atoms with Gasteiger partial charge in [-0.05, 0) is 33.3 Å². The van der Waals surface area contributed by atoms with Gasteiger partial charge >= 0.3 is 0 Å². The molecule has 0 spiro atoms. The van der Waals surface area contributed by atoms with E-state index in [0.29, 0.717) is 32.2 Å². The Balaban J connectivity index is 1.92. The number of ketones is 1. The van der Waals surface area contributed by atoms with Gasteiger partial charge in [-0.1, -0.05) is 11.8 Å². The first-order valence-corrected chi connectivity index (χ1v) is 9.24. The van der Waals surface area contributed by atoms with Crippen molar-refractivity contribution in [1.82, 2.24) is 24.7 Å². The van der Waals surface area contributed by atoms with Crippen LogP contribution in [-0.2, 0) is 5.75 Å². The van der Waals surface area contributed by atoms with Crippen LogP contribution < -0.4 is 5.56 Å². The second kappa shape index (κ2) is 6.48. The zero-order valence-electron chi connectivity index (χ0n) is 13.8. The van der Waals surface area contributed by atoms with Crippen molar-refractivity contribution in [3.63, 3.8) is 0 Å². The van der Waals surface area contributed by atoms with Gasteiger partial charge in [0.05, 0.1) is 16.0 Å². The molecule has 126 valence electrons. The van der Waals surface area contributed by atoms with Crippen LogP contribution in [0.1, 0.15) is 47.9 Å². The van der Waals surface area contributed by atoms with Crippen LogP contribution in [0, 0.1) is 6.92 Å². The van der Waals surface area contributed by atoms with Crippen LogP contribution in [-0.4, -0.2) is 30.5 Å². The van der Waals surface area contributed by atoms with Gasteiger partial charge in [0, 0.05) is 6.04 Å². The molecule has 0 aromatic carbocycles. The van der Waals surface area contributed by atoms with E-state index in [1.54, 1.807) is 13.3 Å². The highest BCUT2D eigenvalue weighted by Gasteiger charge is 2.17. The molecule has 9 heteroatoms. The van der Waals surface area contributed by atoms with E-state index in [1.165, 1.54) is 30.0 Å². The van der Waals surface area contributed by atoms with Crippen molar-refractivity contribution >= 4 is 39.1 Å². The number of aryl methyl sites for hydroxylation is 1. The Hall–Kier alpha value is -2.00. The maximum absolute atomic E-state index is 12.4. The minimum Gasteiger partial charge on any atom is -0.309 e. The van der Waals surface area contributed by atoms with E-state index in [1.807, 2.05) is 4.57 Å². The van der Waals surface area contributed by atoms with Gasteiger partial charge in [0.1, 0.15) is 17.0 Å². The van der Waals surface area contributed by atoms with Crippen molar-refractivity contribution in [3.8, 4) is 0 Å². The summed E-state index contributed by atoms with van der Waals surface area (Å²) in [6.07, 6.45) is 1.69. The molecule has 0 atom stereocenters. The minimum atomic E-state index is -0.206. The summed E-state index contributed by atoms with van der Waals surface area (Å²) in [5.41, 5.74) is 0.497. The van der Waals surface area contributed by atoms with Crippen molar-refractivity contribution < 1.29 is 4.79 Å². The Morgan fingerprint density at radius 3 is 2.88 bits per heavy atom. The molecule has 0 aliphatic carbocycles. The molecular weight excluding hydrogens is 346 g/mol. The molecule has 0 amide bonds. The first kappa shape index (κ1) is 16.8. The van der Waals surface area contributed by atoms with E-state index in [9.17, 15) is 9.59 Å². The largest absolute Gasteiger partial charge is 0.309 e. The number of fused-ring (bicyclic) bond motifs is 1. The SMILES string of the molecule is CC(=O)c1sc2nc(CSc3nncn3C(C)C)[nH]c(=O)c2c1C. The normalized spacial score (nSPS) is 11.5. The minimum absolute atomic E-state index is 0.0455. The lowest BCUT2D eigenvalue weighted by molar-refractivity contribution is 0.102. The van der Waals surface area contributed by atoms with E-state index in [0.717, 1.165) is 5.16 Å². The van der Waals surface area contributed by atoms with Crippen LogP contribution in [0.3, 0.4) is 0 Å². The summed E-state index contributed by atoms with van der Waals surface area (Å²) in [5, 5.41) is 9.30. The summed E-state index contributed by atoms with van der Waals surface area (Å²) >= 11 is 2.73. The molecule has 24 heavy (non-hydrogen) atoms. The molecule has 3 aromatic heterocycles. The molecule has 0 saturated carbocycles. The molecule has 0 fully saturated rings. The number of aromatic nitrogens is 5. The number of hydrogen-bond donors (Lipinski definition) is 1. The predicted molar refractivity (Wildman–Crippen MR) is 95.0 cm³/mol. The number of carbonyl (C=O) groups is 1.